The van der Waals surface area contributed by atoms with Gasteiger partial charge in [0, 0.05) is 22.8 Å². The fraction of sp³-hybridized carbons (Fsp3) is 0.192. The van der Waals surface area contributed by atoms with Crippen LogP contribution in [0.15, 0.2) is 60.7 Å². The standard InChI is InChI=1S/C26H20ClN3O6/c1-3-36-18-9-5-15(6-10-18)22-23(26(33)28(22)16-7-4-14(2)21(27)13-16)29-24(31)19-11-8-17(30(34)35)12-20(19)25(29)32/h4-13,22-23H,3H2,1-2H3/t22-,23+/m0/s1. The van der Waals surface area contributed by atoms with Gasteiger partial charge >= 0.3 is 0 Å². The maximum atomic E-state index is 13.5. The van der Waals surface area contributed by atoms with Crippen LogP contribution in [0.4, 0.5) is 11.4 Å². The molecule has 2 heterocycles. The number of fused-ring (bicyclic) bond motifs is 1. The molecule has 36 heavy (non-hydrogen) atoms. The van der Waals surface area contributed by atoms with Crippen molar-refractivity contribution in [1.82, 2.24) is 4.90 Å². The molecule has 3 amide bonds. The molecule has 0 bridgehead atoms. The zero-order valence-electron chi connectivity index (χ0n) is 19.3. The highest BCUT2D eigenvalue weighted by molar-refractivity contribution is 6.32. The van der Waals surface area contributed by atoms with Crippen molar-refractivity contribution in [3.8, 4) is 5.75 Å². The lowest BCUT2D eigenvalue weighted by molar-refractivity contribution is -0.384. The van der Waals surface area contributed by atoms with Gasteiger partial charge in [0.25, 0.3) is 23.4 Å². The number of aryl methyl sites for hydroxylation is 1. The van der Waals surface area contributed by atoms with Gasteiger partial charge < -0.3 is 9.64 Å². The van der Waals surface area contributed by atoms with Crippen molar-refractivity contribution in [3.63, 3.8) is 0 Å². The quantitative estimate of drug-likeness (QED) is 0.208. The molecule has 1 fully saturated rings. The Balaban J connectivity index is 1.57. The molecule has 2 aliphatic rings. The highest BCUT2D eigenvalue weighted by atomic mass is 35.5. The summed E-state index contributed by atoms with van der Waals surface area (Å²) < 4.78 is 5.52. The molecule has 5 rings (SSSR count). The van der Waals surface area contributed by atoms with E-state index in [9.17, 15) is 24.5 Å². The van der Waals surface area contributed by atoms with Crippen LogP contribution in [0.3, 0.4) is 0 Å². The summed E-state index contributed by atoms with van der Waals surface area (Å²) in [6.07, 6.45) is 0. The molecule has 3 aromatic rings. The number of halogens is 1. The monoisotopic (exact) mass is 505 g/mol. The van der Waals surface area contributed by atoms with Crippen molar-refractivity contribution < 1.29 is 24.0 Å². The molecule has 2 atom stereocenters. The van der Waals surface area contributed by atoms with Crippen LogP contribution in [0.2, 0.25) is 5.02 Å². The molecule has 0 spiro atoms. The summed E-state index contributed by atoms with van der Waals surface area (Å²) in [4.78, 5) is 53.0. The second-order valence-corrected chi connectivity index (χ2v) is 8.91. The Labute approximate surface area is 211 Å². The van der Waals surface area contributed by atoms with Crippen LogP contribution in [0, 0.1) is 17.0 Å². The minimum Gasteiger partial charge on any atom is -0.494 e. The Kier molecular flexibility index (Phi) is 5.72. The number of amides is 3. The lowest BCUT2D eigenvalue weighted by Crippen LogP contribution is -2.67. The number of carbonyl (C=O) groups is 3. The van der Waals surface area contributed by atoms with Crippen LogP contribution in [-0.2, 0) is 4.79 Å². The molecule has 0 N–H and O–H groups in total. The summed E-state index contributed by atoms with van der Waals surface area (Å²) in [7, 11) is 0. The highest BCUT2D eigenvalue weighted by Crippen LogP contribution is 2.45. The van der Waals surface area contributed by atoms with Gasteiger partial charge in [-0.25, -0.2) is 0 Å². The first-order chi connectivity index (χ1) is 17.2. The first-order valence-electron chi connectivity index (χ1n) is 11.2. The summed E-state index contributed by atoms with van der Waals surface area (Å²) >= 11 is 6.32. The fourth-order valence-corrected chi connectivity index (χ4v) is 4.79. The van der Waals surface area contributed by atoms with Gasteiger partial charge in [0.2, 0.25) is 0 Å². The number of rotatable bonds is 6. The summed E-state index contributed by atoms with van der Waals surface area (Å²) in [5, 5.41) is 11.7. The molecule has 0 unspecified atom stereocenters. The molecule has 9 nitrogen and oxygen atoms in total. The number of nitrogens with zero attached hydrogens (tertiary/aromatic N) is 3. The topological polar surface area (TPSA) is 110 Å². The number of benzene rings is 3. The lowest BCUT2D eigenvalue weighted by atomic mass is 9.86. The van der Waals surface area contributed by atoms with Gasteiger partial charge in [-0.15, -0.1) is 0 Å². The van der Waals surface area contributed by atoms with E-state index in [1.165, 1.54) is 17.0 Å². The van der Waals surface area contributed by atoms with E-state index in [2.05, 4.69) is 0 Å². The zero-order chi connectivity index (χ0) is 25.7. The second-order valence-electron chi connectivity index (χ2n) is 8.50. The number of nitro benzene ring substituents is 1. The van der Waals surface area contributed by atoms with E-state index in [0.29, 0.717) is 28.6 Å². The van der Waals surface area contributed by atoms with E-state index in [-0.39, 0.29) is 16.8 Å². The third kappa shape index (κ3) is 3.59. The number of β-lactam (4-membered cyclic amide) rings is 1. The van der Waals surface area contributed by atoms with Crippen LogP contribution >= 0.6 is 11.6 Å². The number of ether oxygens (including phenoxy) is 1. The molecular weight excluding hydrogens is 486 g/mol. The summed E-state index contributed by atoms with van der Waals surface area (Å²) in [6.45, 7) is 4.19. The van der Waals surface area contributed by atoms with Gasteiger partial charge in [-0.05, 0) is 55.3 Å². The van der Waals surface area contributed by atoms with Crippen LogP contribution in [0.5, 0.6) is 5.75 Å². The smallest absolute Gasteiger partial charge is 0.270 e. The van der Waals surface area contributed by atoms with Gasteiger partial charge in [0.05, 0.1) is 28.7 Å². The normalized spacial score (nSPS) is 18.8. The number of anilines is 1. The van der Waals surface area contributed by atoms with Crippen LogP contribution < -0.4 is 9.64 Å². The highest BCUT2D eigenvalue weighted by Gasteiger charge is 2.57. The largest absolute Gasteiger partial charge is 0.494 e. The van der Waals surface area contributed by atoms with Gasteiger partial charge in [0.15, 0.2) is 0 Å². The molecule has 1 saturated heterocycles. The Morgan fingerprint density at radius 2 is 1.61 bits per heavy atom. The summed E-state index contributed by atoms with van der Waals surface area (Å²) in [5.41, 5.74) is 1.67. The van der Waals surface area contributed by atoms with E-state index >= 15 is 0 Å². The summed E-state index contributed by atoms with van der Waals surface area (Å²) in [5.74, 6) is -1.23. The molecule has 0 aromatic heterocycles. The molecule has 182 valence electrons. The van der Waals surface area contributed by atoms with E-state index < -0.39 is 34.7 Å². The van der Waals surface area contributed by atoms with Crippen molar-refractivity contribution in [2.45, 2.75) is 25.9 Å². The number of hydrogen-bond donors (Lipinski definition) is 0. The van der Waals surface area contributed by atoms with E-state index in [1.807, 2.05) is 13.8 Å². The predicted octanol–water partition coefficient (Wildman–Crippen LogP) is 4.71. The average Bonchev–Trinajstić information content (AvgIpc) is 3.10. The van der Waals surface area contributed by atoms with Crippen LogP contribution in [0.1, 0.15) is 44.8 Å². The maximum Gasteiger partial charge on any atom is 0.270 e. The number of hydrogen-bond acceptors (Lipinski definition) is 6. The third-order valence-corrected chi connectivity index (χ3v) is 6.83. The third-order valence-electron chi connectivity index (χ3n) is 6.42. The van der Waals surface area contributed by atoms with Gasteiger partial charge in [0.1, 0.15) is 11.8 Å². The van der Waals surface area contributed by atoms with Crippen molar-refractivity contribution in [3.05, 3.63) is 98.1 Å². The van der Waals surface area contributed by atoms with Crippen LogP contribution in [-0.4, -0.2) is 40.2 Å². The SMILES string of the molecule is CCOc1ccc([C@H]2[C@@H](N3C(=O)c4ccc([N+](=O)[O-])cc4C3=O)C(=O)N2c2ccc(C)c(Cl)c2)cc1. The number of carbonyl (C=O) groups excluding carboxylic acids is 3. The number of imide groups is 1. The minimum atomic E-state index is -1.13. The Morgan fingerprint density at radius 1 is 0.917 bits per heavy atom. The second kappa shape index (κ2) is 8.76. The zero-order valence-corrected chi connectivity index (χ0v) is 20.1. The molecule has 0 saturated carbocycles. The first-order valence-corrected chi connectivity index (χ1v) is 11.6. The number of nitro groups is 1. The van der Waals surface area contributed by atoms with Gasteiger partial charge in [-0.2, -0.15) is 0 Å². The predicted molar refractivity (Wildman–Crippen MR) is 131 cm³/mol. The first kappa shape index (κ1) is 23.5. The minimum absolute atomic E-state index is 0.0284. The molecular formula is C26H20ClN3O6. The molecule has 10 heteroatoms. The van der Waals surface area contributed by atoms with E-state index in [1.54, 1.807) is 42.5 Å². The van der Waals surface area contributed by atoms with Crippen LogP contribution in [0.25, 0.3) is 0 Å². The van der Waals surface area contributed by atoms with Crippen molar-refractivity contribution >= 4 is 40.7 Å². The van der Waals surface area contributed by atoms with E-state index in [0.717, 1.165) is 16.5 Å². The molecule has 0 aliphatic carbocycles. The Bertz CT molecular complexity index is 1440. The maximum absolute atomic E-state index is 13.5. The molecule has 0 radical (unpaired) electrons. The fourth-order valence-electron chi connectivity index (χ4n) is 4.62. The molecule has 3 aromatic carbocycles. The van der Waals surface area contributed by atoms with Gasteiger partial charge in [-0.1, -0.05) is 29.8 Å². The Hall–Kier alpha value is -4.24. The summed E-state index contributed by atoms with van der Waals surface area (Å²) in [6, 6.07) is 13.9. The van der Waals surface area contributed by atoms with Crippen molar-refractivity contribution in [2.75, 3.05) is 11.5 Å². The lowest BCUT2D eigenvalue weighted by Gasteiger charge is -2.49. The van der Waals surface area contributed by atoms with Gasteiger partial charge in [-0.3, -0.25) is 29.4 Å². The Morgan fingerprint density at radius 3 is 2.25 bits per heavy atom. The van der Waals surface area contributed by atoms with E-state index in [4.69, 9.17) is 16.3 Å². The molecule has 2 aliphatic heterocycles. The number of non-ortho nitro benzene ring substituents is 1. The van der Waals surface area contributed by atoms with Crippen molar-refractivity contribution in [1.29, 1.82) is 0 Å². The average molecular weight is 506 g/mol. The van der Waals surface area contributed by atoms with Crippen molar-refractivity contribution in [2.24, 2.45) is 0 Å².